The normalized spacial score (nSPS) is 24.1. The zero-order valence-corrected chi connectivity index (χ0v) is 17.0. The Hall–Kier alpha value is -2.76. The number of ether oxygens (including phenoxy) is 1. The number of rotatable bonds is 6. The molecule has 1 heterocycles. The fourth-order valence-electron chi connectivity index (χ4n) is 4.81. The van der Waals surface area contributed by atoms with Gasteiger partial charge in [0.1, 0.15) is 6.54 Å². The average Bonchev–Trinajstić information content (AvgIpc) is 3.03. The third kappa shape index (κ3) is 4.23. The van der Waals surface area contributed by atoms with Gasteiger partial charge in [0, 0.05) is 5.56 Å². The van der Waals surface area contributed by atoms with E-state index in [4.69, 9.17) is 4.74 Å². The molecular weight excluding hydrogens is 382 g/mol. The van der Waals surface area contributed by atoms with Gasteiger partial charge < -0.3 is 4.74 Å². The Kier molecular flexibility index (Phi) is 6.11. The molecule has 0 radical (unpaired) electrons. The molecule has 6 heteroatoms. The van der Waals surface area contributed by atoms with Crippen molar-refractivity contribution in [2.24, 2.45) is 11.8 Å². The van der Waals surface area contributed by atoms with Crippen molar-refractivity contribution < 1.29 is 23.9 Å². The first-order valence-corrected chi connectivity index (χ1v) is 10.8. The first kappa shape index (κ1) is 20.5. The minimum atomic E-state index is -0.740. The number of likely N-dealkylation sites (tertiary alicyclic amines) is 1. The van der Waals surface area contributed by atoms with Crippen LogP contribution in [-0.2, 0) is 19.1 Å². The molecule has 1 saturated heterocycles. The maximum absolute atomic E-state index is 12.4. The van der Waals surface area contributed by atoms with E-state index in [1.165, 1.54) is 37.7 Å². The summed E-state index contributed by atoms with van der Waals surface area (Å²) in [4.78, 5) is 50.3. The number of benzene rings is 1. The summed E-state index contributed by atoms with van der Waals surface area (Å²) in [6.07, 6.45) is 11.0. The van der Waals surface area contributed by atoms with Crippen LogP contribution in [0.1, 0.15) is 66.8 Å². The van der Waals surface area contributed by atoms with Gasteiger partial charge in [-0.05, 0) is 37.2 Å². The van der Waals surface area contributed by atoms with E-state index in [-0.39, 0.29) is 29.4 Å². The van der Waals surface area contributed by atoms with Gasteiger partial charge in [-0.1, -0.05) is 55.7 Å². The number of fused-ring (bicyclic) bond motifs is 1. The highest BCUT2D eigenvalue weighted by Gasteiger charge is 2.47. The molecule has 2 fully saturated rings. The average molecular weight is 409 g/mol. The van der Waals surface area contributed by atoms with Crippen LogP contribution in [0.25, 0.3) is 0 Å². The van der Waals surface area contributed by atoms with E-state index in [1.807, 2.05) is 24.3 Å². The zero-order chi connectivity index (χ0) is 21.1. The number of hydrogen-bond donors (Lipinski definition) is 0. The number of Topliss-reactive ketones (excluding diaryl/α,β-unsaturated/α-hetero) is 1. The molecule has 1 aromatic rings. The predicted molar refractivity (Wildman–Crippen MR) is 110 cm³/mol. The second-order valence-electron chi connectivity index (χ2n) is 8.46. The Balaban J connectivity index is 1.28. The van der Waals surface area contributed by atoms with E-state index in [0.29, 0.717) is 24.3 Å². The van der Waals surface area contributed by atoms with Crippen molar-refractivity contribution in [3.05, 3.63) is 47.5 Å². The van der Waals surface area contributed by atoms with Crippen molar-refractivity contribution in [2.45, 2.75) is 50.9 Å². The maximum atomic E-state index is 12.4. The summed E-state index contributed by atoms with van der Waals surface area (Å²) >= 11 is 0. The van der Waals surface area contributed by atoms with Gasteiger partial charge in [-0.2, -0.15) is 0 Å². The number of esters is 1. The lowest BCUT2D eigenvalue weighted by atomic mass is 9.84. The van der Waals surface area contributed by atoms with E-state index in [1.54, 1.807) is 12.1 Å². The molecule has 30 heavy (non-hydrogen) atoms. The number of imide groups is 1. The SMILES string of the molecule is O=C(CN1C(=O)[C@@H]2CC=CC[C@H]2C1=O)OCC(=O)c1ccc(C2CCCCC2)cc1. The molecule has 0 N–H and O–H groups in total. The fraction of sp³-hybridized carbons (Fsp3) is 0.500. The smallest absolute Gasteiger partial charge is 0.326 e. The zero-order valence-electron chi connectivity index (χ0n) is 17.0. The minimum absolute atomic E-state index is 0.296. The molecule has 4 rings (SSSR count). The van der Waals surface area contributed by atoms with Crippen LogP contribution in [0.2, 0.25) is 0 Å². The maximum Gasteiger partial charge on any atom is 0.326 e. The quantitative estimate of drug-likeness (QED) is 0.311. The molecule has 6 nitrogen and oxygen atoms in total. The van der Waals surface area contributed by atoms with Gasteiger partial charge in [-0.3, -0.25) is 24.1 Å². The van der Waals surface area contributed by atoms with Crippen LogP contribution in [0.5, 0.6) is 0 Å². The minimum Gasteiger partial charge on any atom is -0.456 e. The lowest BCUT2D eigenvalue weighted by Gasteiger charge is -2.22. The summed E-state index contributed by atoms with van der Waals surface area (Å²) in [5, 5.41) is 0. The highest BCUT2D eigenvalue weighted by Crippen LogP contribution is 2.35. The number of carbonyl (C=O) groups is 4. The van der Waals surface area contributed by atoms with E-state index in [9.17, 15) is 19.2 Å². The molecular formula is C24H27NO5. The first-order valence-electron chi connectivity index (χ1n) is 10.8. The third-order valence-corrected chi connectivity index (χ3v) is 6.56. The predicted octanol–water partition coefficient (Wildman–Crippen LogP) is 3.41. The van der Waals surface area contributed by atoms with Crippen LogP contribution >= 0.6 is 0 Å². The number of hydrogen-bond acceptors (Lipinski definition) is 5. The number of amides is 2. The van der Waals surface area contributed by atoms with Crippen LogP contribution in [0.15, 0.2) is 36.4 Å². The lowest BCUT2D eigenvalue weighted by molar-refractivity contribution is -0.152. The van der Waals surface area contributed by atoms with Gasteiger partial charge in [0.15, 0.2) is 12.4 Å². The molecule has 0 unspecified atom stereocenters. The Bertz CT molecular complexity index is 840. The third-order valence-electron chi connectivity index (χ3n) is 6.56. The number of ketones is 1. The molecule has 0 aromatic heterocycles. The molecule has 3 aliphatic rings. The molecule has 1 aromatic carbocycles. The van der Waals surface area contributed by atoms with Crippen molar-refractivity contribution in [1.82, 2.24) is 4.90 Å². The van der Waals surface area contributed by atoms with Crippen LogP contribution in [0.4, 0.5) is 0 Å². The van der Waals surface area contributed by atoms with Crippen LogP contribution in [0.3, 0.4) is 0 Å². The van der Waals surface area contributed by atoms with Gasteiger partial charge in [-0.15, -0.1) is 0 Å². The summed E-state index contributed by atoms with van der Waals surface area (Å²) in [7, 11) is 0. The van der Waals surface area contributed by atoms with Crippen LogP contribution in [0, 0.1) is 11.8 Å². The molecule has 1 aliphatic heterocycles. The summed E-state index contributed by atoms with van der Waals surface area (Å²) in [6.45, 7) is -0.829. The highest BCUT2D eigenvalue weighted by atomic mass is 16.5. The molecule has 1 saturated carbocycles. The Morgan fingerprint density at radius 3 is 2.10 bits per heavy atom. The lowest BCUT2D eigenvalue weighted by Crippen LogP contribution is -2.37. The Morgan fingerprint density at radius 2 is 1.50 bits per heavy atom. The molecule has 158 valence electrons. The van der Waals surface area contributed by atoms with Gasteiger partial charge in [0.25, 0.3) is 0 Å². The Morgan fingerprint density at radius 1 is 0.900 bits per heavy atom. The van der Waals surface area contributed by atoms with Crippen LogP contribution < -0.4 is 0 Å². The number of allylic oxidation sites excluding steroid dienone is 2. The highest BCUT2D eigenvalue weighted by molar-refractivity contribution is 6.07. The molecule has 2 aliphatic carbocycles. The van der Waals surface area contributed by atoms with Gasteiger partial charge in [-0.25, -0.2) is 0 Å². The summed E-state index contributed by atoms with van der Waals surface area (Å²) in [5.74, 6) is -1.87. The second-order valence-corrected chi connectivity index (χ2v) is 8.46. The van der Waals surface area contributed by atoms with E-state index >= 15 is 0 Å². The van der Waals surface area contributed by atoms with E-state index in [2.05, 4.69) is 0 Å². The summed E-state index contributed by atoms with van der Waals surface area (Å²) < 4.78 is 5.07. The van der Waals surface area contributed by atoms with Crippen molar-refractivity contribution >= 4 is 23.6 Å². The van der Waals surface area contributed by atoms with Gasteiger partial charge in [0.2, 0.25) is 11.8 Å². The topological polar surface area (TPSA) is 80.8 Å². The van der Waals surface area contributed by atoms with Crippen molar-refractivity contribution in [3.8, 4) is 0 Å². The standard InChI is InChI=1S/C24H27NO5/c26-21(18-12-10-17(11-13-18)16-6-2-1-3-7-16)15-30-22(27)14-25-23(28)19-8-4-5-9-20(19)24(25)29/h4-5,10-13,16,19-20H,1-3,6-9,14-15H2/t19-,20-/m1/s1. The molecule has 2 amide bonds. The van der Waals surface area contributed by atoms with E-state index in [0.717, 1.165) is 4.90 Å². The fourth-order valence-corrected chi connectivity index (χ4v) is 4.81. The summed E-state index contributed by atoms with van der Waals surface area (Å²) in [5.41, 5.74) is 1.75. The van der Waals surface area contributed by atoms with Gasteiger partial charge >= 0.3 is 5.97 Å². The number of carbonyl (C=O) groups excluding carboxylic acids is 4. The first-order chi connectivity index (χ1) is 14.5. The second kappa shape index (κ2) is 8.94. The Labute approximate surface area is 176 Å². The molecule has 2 atom stereocenters. The van der Waals surface area contributed by atoms with Crippen molar-refractivity contribution in [2.75, 3.05) is 13.2 Å². The number of nitrogens with zero attached hydrogens (tertiary/aromatic N) is 1. The molecule has 0 bridgehead atoms. The van der Waals surface area contributed by atoms with Crippen LogP contribution in [-0.4, -0.2) is 41.6 Å². The molecule has 0 spiro atoms. The van der Waals surface area contributed by atoms with Gasteiger partial charge in [0.05, 0.1) is 11.8 Å². The van der Waals surface area contributed by atoms with Crippen molar-refractivity contribution in [3.63, 3.8) is 0 Å². The van der Waals surface area contributed by atoms with Crippen molar-refractivity contribution in [1.29, 1.82) is 0 Å². The monoisotopic (exact) mass is 409 g/mol. The summed E-state index contributed by atoms with van der Waals surface area (Å²) in [6, 6.07) is 7.54. The van der Waals surface area contributed by atoms with E-state index < -0.39 is 19.1 Å². The largest absolute Gasteiger partial charge is 0.456 e.